The van der Waals surface area contributed by atoms with Gasteiger partial charge in [0, 0.05) is 25.3 Å². The molecule has 0 saturated heterocycles. The van der Waals surface area contributed by atoms with Crippen LogP contribution in [0.15, 0.2) is 45.7 Å². The van der Waals surface area contributed by atoms with Gasteiger partial charge in [0.1, 0.15) is 5.75 Å². The Bertz CT molecular complexity index is 1180. The zero-order valence-electron chi connectivity index (χ0n) is 17.2. The van der Waals surface area contributed by atoms with Crippen molar-refractivity contribution in [2.45, 2.75) is 18.4 Å². The average molecular weight is 453 g/mol. The summed E-state index contributed by atoms with van der Waals surface area (Å²) in [7, 11) is 0.719. The Kier molecular flexibility index (Phi) is 7.01. The number of aromatic nitrogens is 1. The average Bonchev–Trinajstić information content (AvgIpc) is 3.08. The molecule has 10 heteroatoms. The summed E-state index contributed by atoms with van der Waals surface area (Å²) in [6.45, 7) is 3.34. The van der Waals surface area contributed by atoms with E-state index in [2.05, 4.69) is 4.40 Å². The van der Waals surface area contributed by atoms with Crippen LogP contribution in [0.3, 0.4) is 0 Å². The summed E-state index contributed by atoms with van der Waals surface area (Å²) in [5, 5.41) is 0. The highest BCUT2D eigenvalue weighted by Crippen LogP contribution is 2.33. The molecule has 0 bridgehead atoms. The predicted octanol–water partition coefficient (Wildman–Crippen LogP) is 3.05. The molecule has 0 N–H and O–H groups in total. The number of ether oxygens (including phenoxy) is 4. The van der Waals surface area contributed by atoms with Gasteiger partial charge < -0.3 is 23.5 Å². The molecule has 2 aromatic carbocycles. The van der Waals surface area contributed by atoms with Crippen LogP contribution in [0.2, 0.25) is 0 Å². The van der Waals surface area contributed by atoms with Crippen LogP contribution in [-0.4, -0.2) is 47.5 Å². The highest BCUT2D eigenvalue weighted by molar-refractivity contribution is 7.90. The highest BCUT2D eigenvalue weighted by Gasteiger charge is 2.17. The molecule has 0 saturated carbocycles. The summed E-state index contributed by atoms with van der Waals surface area (Å²) in [5.74, 6) is 1.69. The van der Waals surface area contributed by atoms with Crippen molar-refractivity contribution in [3.8, 4) is 17.2 Å². The van der Waals surface area contributed by atoms with Crippen molar-refractivity contribution in [2.24, 2.45) is 4.40 Å². The van der Waals surface area contributed by atoms with Crippen molar-refractivity contribution < 1.29 is 27.4 Å². The minimum atomic E-state index is -3.91. The Hall–Kier alpha value is -2.56. The normalized spacial score (nSPS) is 12.3. The molecule has 0 atom stereocenters. The first kappa shape index (κ1) is 22.1. The lowest BCUT2D eigenvalue weighted by atomic mass is 10.3. The third-order valence-electron chi connectivity index (χ3n) is 4.41. The van der Waals surface area contributed by atoms with E-state index in [1.807, 2.05) is 23.6 Å². The van der Waals surface area contributed by atoms with Crippen molar-refractivity contribution >= 4 is 31.6 Å². The molecule has 0 unspecified atom stereocenters. The second-order valence-corrected chi connectivity index (χ2v) is 8.76. The molecule has 3 rings (SSSR count). The summed E-state index contributed by atoms with van der Waals surface area (Å²) in [4.78, 5) is 0.433. The van der Waals surface area contributed by atoms with E-state index in [1.54, 1.807) is 26.4 Å². The number of methoxy groups -OCH3 is 3. The van der Waals surface area contributed by atoms with Gasteiger partial charge in [0.25, 0.3) is 10.0 Å². The number of nitrogens with zero attached hydrogens (tertiary/aromatic N) is 2. The standard InChI is InChI=1S/C20H24N2O6S2/c1-5-28-11-10-22-16-12-17(26-3)18(27-4)13-19(16)29-20(22)21-30(23,24)15-8-6-14(25-2)7-9-15/h6-9,12-13H,5,10-11H2,1-4H3. The molecule has 3 aromatic rings. The van der Waals surface area contributed by atoms with Crippen LogP contribution in [0.25, 0.3) is 10.2 Å². The summed E-state index contributed by atoms with van der Waals surface area (Å²) in [6, 6.07) is 9.76. The number of sulfonamides is 1. The molecule has 0 aliphatic rings. The second kappa shape index (κ2) is 9.50. The van der Waals surface area contributed by atoms with Crippen LogP contribution in [0.4, 0.5) is 0 Å². The maximum atomic E-state index is 12.9. The van der Waals surface area contributed by atoms with E-state index in [4.69, 9.17) is 18.9 Å². The minimum absolute atomic E-state index is 0.0901. The number of hydrogen-bond donors (Lipinski definition) is 0. The largest absolute Gasteiger partial charge is 0.497 e. The molecule has 0 radical (unpaired) electrons. The van der Waals surface area contributed by atoms with Gasteiger partial charge in [0.05, 0.1) is 43.0 Å². The van der Waals surface area contributed by atoms with Crippen LogP contribution < -0.4 is 19.0 Å². The summed E-state index contributed by atoms with van der Waals surface area (Å²) < 4.78 is 53.9. The van der Waals surface area contributed by atoms with E-state index in [-0.39, 0.29) is 4.90 Å². The Labute approximate surface area is 179 Å². The highest BCUT2D eigenvalue weighted by atomic mass is 32.2. The van der Waals surface area contributed by atoms with Crippen molar-refractivity contribution in [1.29, 1.82) is 0 Å². The first-order valence-electron chi connectivity index (χ1n) is 9.21. The van der Waals surface area contributed by atoms with E-state index in [9.17, 15) is 8.42 Å². The zero-order valence-corrected chi connectivity index (χ0v) is 18.9. The van der Waals surface area contributed by atoms with Crippen molar-refractivity contribution in [3.05, 3.63) is 41.2 Å². The molecule has 30 heavy (non-hydrogen) atoms. The molecule has 162 valence electrons. The van der Waals surface area contributed by atoms with Gasteiger partial charge in [-0.1, -0.05) is 11.3 Å². The van der Waals surface area contributed by atoms with Crippen LogP contribution in [0, 0.1) is 0 Å². The molecule has 0 fully saturated rings. The van der Waals surface area contributed by atoms with Gasteiger partial charge in [-0.05, 0) is 31.2 Å². The first-order valence-corrected chi connectivity index (χ1v) is 11.5. The van der Waals surface area contributed by atoms with E-state index in [0.717, 1.165) is 10.2 Å². The maximum Gasteiger partial charge on any atom is 0.285 e. The Morgan fingerprint density at radius 1 is 1.00 bits per heavy atom. The maximum absolute atomic E-state index is 12.9. The number of benzene rings is 2. The molecule has 1 heterocycles. The van der Waals surface area contributed by atoms with Gasteiger partial charge in [-0.15, -0.1) is 4.40 Å². The van der Waals surface area contributed by atoms with E-state index < -0.39 is 10.0 Å². The van der Waals surface area contributed by atoms with Gasteiger partial charge in [-0.2, -0.15) is 8.42 Å². The fourth-order valence-corrected chi connectivity index (χ4v) is 5.16. The quantitative estimate of drug-likeness (QED) is 0.464. The molecule has 0 aliphatic carbocycles. The number of thiazole rings is 1. The van der Waals surface area contributed by atoms with Crippen LogP contribution in [-0.2, 0) is 21.3 Å². The lowest BCUT2D eigenvalue weighted by Crippen LogP contribution is -2.20. The fourth-order valence-electron chi connectivity index (χ4n) is 2.89. The Morgan fingerprint density at radius 2 is 1.67 bits per heavy atom. The van der Waals surface area contributed by atoms with Gasteiger partial charge >= 0.3 is 0 Å². The van der Waals surface area contributed by atoms with Gasteiger partial charge in [0.2, 0.25) is 4.80 Å². The van der Waals surface area contributed by atoms with E-state index in [1.165, 1.54) is 30.6 Å². The number of rotatable bonds is 9. The second-order valence-electron chi connectivity index (χ2n) is 6.15. The van der Waals surface area contributed by atoms with Crippen LogP contribution >= 0.6 is 11.3 Å². The zero-order chi connectivity index (χ0) is 21.7. The smallest absolute Gasteiger partial charge is 0.285 e. The SMILES string of the molecule is CCOCCn1c(=NS(=O)(=O)c2ccc(OC)cc2)sc2cc(OC)c(OC)cc21. The molecule has 0 spiro atoms. The van der Waals surface area contributed by atoms with E-state index in [0.29, 0.717) is 41.8 Å². The monoisotopic (exact) mass is 452 g/mol. The lowest BCUT2D eigenvalue weighted by molar-refractivity contribution is 0.139. The fraction of sp³-hybridized carbons (Fsp3) is 0.350. The van der Waals surface area contributed by atoms with Crippen LogP contribution in [0.1, 0.15) is 6.92 Å². The van der Waals surface area contributed by atoms with Gasteiger partial charge in [-0.25, -0.2) is 0 Å². The van der Waals surface area contributed by atoms with Gasteiger partial charge in [0.15, 0.2) is 11.5 Å². The molecule has 0 amide bonds. The lowest BCUT2D eigenvalue weighted by Gasteiger charge is -2.09. The number of hydrogen-bond acceptors (Lipinski definition) is 7. The molecule has 0 aliphatic heterocycles. The van der Waals surface area contributed by atoms with Crippen molar-refractivity contribution in [2.75, 3.05) is 34.5 Å². The van der Waals surface area contributed by atoms with Crippen molar-refractivity contribution in [3.63, 3.8) is 0 Å². The molecule has 8 nitrogen and oxygen atoms in total. The third-order valence-corrected chi connectivity index (χ3v) is 6.84. The molecule has 1 aromatic heterocycles. The molecular formula is C20H24N2O6S2. The summed E-state index contributed by atoms with van der Waals surface area (Å²) in [6.07, 6.45) is 0. The van der Waals surface area contributed by atoms with Gasteiger partial charge in [-0.3, -0.25) is 0 Å². The van der Waals surface area contributed by atoms with Crippen LogP contribution in [0.5, 0.6) is 17.2 Å². The Morgan fingerprint density at radius 3 is 2.27 bits per heavy atom. The van der Waals surface area contributed by atoms with Crippen molar-refractivity contribution in [1.82, 2.24) is 4.57 Å². The topological polar surface area (TPSA) is 88.4 Å². The molecular weight excluding hydrogens is 428 g/mol. The summed E-state index contributed by atoms with van der Waals surface area (Å²) >= 11 is 1.26. The number of fused-ring (bicyclic) bond motifs is 1. The first-order chi connectivity index (χ1) is 14.4. The van der Waals surface area contributed by atoms with E-state index >= 15 is 0 Å². The third kappa shape index (κ3) is 4.61. The predicted molar refractivity (Wildman–Crippen MR) is 115 cm³/mol. The minimum Gasteiger partial charge on any atom is -0.497 e. The summed E-state index contributed by atoms with van der Waals surface area (Å²) in [5.41, 5.74) is 0.793. The Balaban J connectivity index is 2.17.